The lowest BCUT2D eigenvalue weighted by Crippen LogP contribution is -2.46. The van der Waals surface area contributed by atoms with E-state index in [1.165, 1.54) is 109 Å². The minimum absolute atomic E-state index is 0.0108. The number of carbonyl (C=O) groups excluding carboxylic acids is 1. The number of allylic oxidation sites excluding steroid dienone is 4. The summed E-state index contributed by atoms with van der Waals surface area (Å²) in [5.74, 6) is -0.178. The number of aliphatic hydroxyl groups excluding tert-OH is 1. The summed E-state index contributed by atoms with van der Waals surface area (Å²) in [5, 5.41) is 13.5. The summed E-state index contributed by atoms with van der Waals surface area (Å²) in [6, 6.07) is -0.794. The lowest BCUT2D eigenvalue weighted by molar-refractivity contribution is -0.870. The number of unbranched alkanes of at least 4 members (excludes halogenated alkanes) is 20. The normalized spacial score (nSPS) is 14.8. The zero-order valence-electron chi connectivity index (χ0n) is 33.4. The first-order chi connectivity index (χ1) is 24.0. The molecule has 0 aromatic heterocycles. The van der Waals surface area contributed by atoms with Crippen molar-refractivity contribution >= 4 is 13.7 Å². The van der Waals surface area contributed by atoms with Gasteiger partial charge in [0, 0.05) is 6.42 Å². The van der Waals surface area contributed by atoms with Crippen LogP contribution in [0.2, 0.25) is 0 Å². The number of aliphatic hydroxyl groups is 1. The summed E-state index contributed by atoms with van der Waals surface area (Å²) >= 11 is 0. The molecule has 50 heavy (non-hydrogen) atoms. The van der Waals surface area contributed by atoms with E-state index in [1.807, 2.05) is 21.1 Å². The van der Waals surface area contributed by atoms with Crippen LogP contribution in [0.15, 0.2) is 24.3 Å². The first-order valence-corrected chi connectivity index (χ1v) is 22.1. The fourth-order valence-electron chi connectivity index (χ4n) is 5.83. The summed E-state index contributed by atoms with van der Waals surface area (Å²) in [4.78, 5) is 24.9. The van der Waals surface area contributed by atoms with E-state index in [-0.39, 0.29) is 19.1 Å². The third-order valence-electron chi connectivity index (χ3n) is 9.19. The van der Waals surface area contributed by atoms with Crippen molar-refractivity contribution in [3.63, 3.8) is 0 Å². The van der Waals surface area contributed by atoms with Gasteiger partial charge in [-0.25, -0.2) is 0 Å². The van der Waals surface area contributed by atoms with E-state index in [0.29, 0.717) is 23.9 Å². The van der Waals surface area contributed by atoms with Gasteiger partial charge in [0.1, 0.15) is 13.2 Å². The van der Waals surface area contributed by atoms with Crippen LogP contribution in [0.4, 0.5) is 0 Å². The highest BCUT2D eigenvalue weighted by Gasteiger charge is 2.24. The molecule has 0 aromatic carbocycles. The highest BCUT2D eigenvalue weighted by Crippen LogP contribution is 2.38. The predicted octanol–water partition coefficient (Wildman–Crippen LogP) is 10.3. The van der Waals surface area contributed by atoms with Crippen molar-refractivity contribution in [1.82, 2.24) is 5.32 Å². The maximum atomic E-state index is 12.7. The number of rotatable bonds is 37. The minimum atomic E-state index is -4.54. The first kappa shape index (κ1) is 49.0. The second-order valence-electron chi connectivity index (χ2n) is 15.3. The largest absolute Gasteiger partial charge is 0.756 e. The highest BCUT2D eigenvalue weighted by molar-refractivity contribution is 7.45. The third kappa shape index (κ3) is 35.4. The summed E-state index contributed by atoms with van der Waals surface area (Å²) < 4.78 is 22.9. The Labute approximate surface area is 309 Å². The molecule has 9 heteroatoms. The lowest BCUT2D eigenvalue weighted by atomic mass is 10.0. The maximum Gasteiger partial charge on any atom is 0.268 e. The molecule has 0 spiro atoms. The van der Waals surface area contributed by atoms with E-state index in [2.05, 4.69) is 43.5 Å². The maximum absolute atomic E-state index is 12.7. The van der Waals surface area contributed by atoms with Crippen molar-refractivity contribution in [2.45, 2.75) is 193 Å². The Kier molecular flexibility index (Phi) is 33.1. The van der Waals surface area contributed by atoms with Crippen LogP contribution in [-0.4, -0.2) is 68.5 Å². The molecule has 2 N–H and O–H groups in total. The predicted molar refractivity (Wildman–Crippen MR) is 210 cm³/mol. The van der Waals surface area contributed by atoms with Crippen molar-refractivity contribution < 1.29 is 32.9 Å². The van der Waals surface area contributed by atoms with E-state index in [0.717, 1.165) is 44.9 Å². The average molecular weight is 729 g/mol. The molecule has 0 fully saturated rings. The topological polar surface area (TPSA) is 108 Å². The van der Waals surface area contributed by atoms with Crippen molar-refractivity contribution in [1.29, 1.82) is 0 Å². The van der Waals surface area contributed by atoms with Gasteiger partial charge in [0.05, 0.1) is 39.9 Å². The Morgan fingerprint density at radius 2 is 1.16 bits per heavy atom. The van der Waals surface area contributed by atoms with Crippen LogP contribution < -0.4 is 10.2 Å². The van der Waals surface area contributed by atoms with Gasteiger partial charge in [-0.2, -0.15) is 0 Å². The molecule has 0 rings (SSSR count). The zero-order chi connectivity index (χ0) is 37.2. The molecule has 3 unspecified atom stereocenters. The van der Waals surface area contributed by atoms with E-state index in [4.69, 9.17) is 9.05 Å². The molecule has 0 heterocycles. The van der Waals surface area contributed by atoms with E-state index < -0.39 is 20.0 Å². The lowest BCUT2D eigenvalue weighted by Gasteiger charge is -2.30. The van der Waals surface area contributed by atoms with Crippen LogP contribution >= 0.6 is 7.82 Å². The van der Waals surface area contributed by atoms with Gasteiger partial charge in [-0.15, -0.1) is 0 Å². The smallest absolute Gasteiger partial charge is 0.268 e. The number of hydrogen-bond acceptors (Lipinski definition) is 6. The van der Waals surface area contributed by atoms with Gasteiger partial charge in [-0.1, -0.05) is 154 Å². The van der Waals surface area contributed by atoms with Gasteiger partial charge in [0.2, 0.25) is 5.91 Å². The number of nitrogens with one attached hydrogen (secondary N) is 1. The molecule has 1 amide bonds. The summed E-state index contributed by atoms with van der Waals surface area (Å²) in [5.41, 5.74) is 0. The molecule has 0 saturated heterocycles. The van der Waals surface area contributed by atoms with Crippen LogP contribution in [-0.2, 0) is 18.4 Å². The van der Waals surface area contributed by atoms with Crippen LogP contribution in [0, 0.1) is 0 Å². The van der Waals surface area contributed by atoms with Crippen molar-refractivity contribution in [3.05, 3.63) is 24.3 Å². The molecule has 0 aromatic rings. The summed E-state index contributed by atoms with van der Waals surface area (Å²) in [6.07, 6.45) is 38.4. The molecular formula is C41H81N2O6P. The Morgan fingerprint density at radius 1 is 0.700 bits per heavy atom. The summed E-state index contributed by atoms with van der Waals surface area (Å²) in [6.45, 7) is 4.53. The van der Waals surface area contributed by atoms with Gasteiger partial charge in [-0.05, 0) is 44.9 Å². The Morgan fingerprint density at radius 3 is 1.66 bits per heavy atom. The zero-order valence-corrected chi connectivity index (χ0v) is 34.2. The Hall–Kier alpha value is -1.02. The van der Waals surface area contributed by atoms with E-state index in [1.54, 1.807) is 0 Å². The van der Waals surface area contributed by atoms with Crippen molar-refractivity contribution in [2.24, 2.45) is 0 Å². The quantitative estimate of drug-likeness (QED) is 0.0285. The van der Waals surface area contributed by atoms with E-state index >= 15 is 0 Å². The third-order valence-corrected chi connectivity index (χ3v) is 10.2. The SMILES string of the molecule is CCCCCCC/C=C\C/C=C\CCCCCCCCCCCCCCCC(=O)NC(COP(=O)([O-])OCC[N+](C)(C)C)C(O)CCCCC. The minimum Gasteiger partial charge on any atom is -0.756 e. The Bertz CT molecular complexity index is 876. The monoisotopic (exact) mass is 729 g/mol. The van der Waals surface area contributed by atoms with Crippen molar-refractivity contribution in [2.75, 3.05) is 40.9 Å². The number of hydrogen-bond donors (Lipinski definition) is 2. The molecule has 0 bridgehead atoms. The molecule has 0 saturated carbocycles. The van der Waals surface area contributed by atoms with E-state index in [9.17, 15) is 19.4 Å². The fourth-order valence-corrected chi connectivity index (χ4v) is 6.56. The number of amides is 1. The van der Waals surface area contributed by atoms with Gasteiger partial charge in [-0.3, -0.25) is 9.36 Å². The number of phosphoric acid groups is 1. The first-order valence-electron chi connectivity index (χ1n) is 20.7. The van der Waals surface area contributed by atoms with Gasteiger partial charge < -0.3 is 28.8 Å². The second kappa shape index (κ2) is 33.8. The molecule has 0 aliphatic carbocycles. The molecular weight excluding hydrogens is 647 g/mol. The van der Waals surface area contributed by atoms with Gasteiger partial charge in [0.25, 0.3) is 7.82 Å². The highest BCUT2D eigenvalue weighted by atomic mass is 31.2. The van der Waals surface area contributed by atoms with Crippen LogP contribution in [0.25, 0.3) is 0 Å². The van der Waals surface area contributed by atoms with Gasteiger partial charge in [0.15, 0.2) is 0 Å². The van der Waals surface area contributed by atoms with Crippen LogP contribution in [0.1, 0.15) is 181 Å². The summed E-state index contributed by atoms with van der Waals surface area (Å²) in [7, 11) is 1.30. The van der Waals surface area contributed by atoms with Gasteiger partial charge >= 0.3 is 0 Å². The number of carbonyl (C=O) groups is 1. The number of quaternary nitrogens is 1. The average Bonchev–Trinajstić information content (AvgIpc) is 3.06. The number of likely N-dealkylation sites (N-methyl/N-ethyl adjacent to an activating group) is 1. The molecule has 0 radical (unpaired) electrons. The molecule has 0 aliphatic heterocycles. The molecule has 8 nitrogen and oxygen atoms in total. The fraction of sp³-hybridized carbons (Fsp3) is 0.878. The van der Waals surface area contributed by atoms with Crippen LogP contribution in [0.5, 0.6) is 0 Å². The number of phosphoric ester groups is 1. The standard InChI is InChI=1S/C41H81N2O6P/c1-6-8-10-11-12-13-14-15-16-17-18-19-20-21-22-23-24-25-26-27-28-29-30-31-33-35-41(45)42-39(40(44)34-32-9-7-2)38-49-50(46,47)48-37-36-43(3,4)5/h14-15,17-18,39-40,44H,6-13,16,19-38H2,1-5H3,(H-,42,45,46,47)/b15-14-,18-17-. The molecule has 3 atom stereocenters. The Balaban J connectivity index is 3.89. The molecule has 296 valence electrons. The van der Waals surface area contributed by atoms with Crippen molar-refractivity contribution in [3.8, 4) is 0 Å². The number of nitrogens with zero attached hydrogens (tertiary/aromatic N) is 1. The van der Waals surface area contributed by atoms with Crippen LogP contribution in [0.3, 0.4) is 0 Å². The second-order valence-corrected chi connectivity index (χ2v) is 16.8. The molecule has 0 aliphatic rings.